The van der Waals surface area contributed by atoms with Gasteiger partial charge in [-0.1, -0.05) is 30.3 Å². The van der Waals surface area contributed by atoms with E-state index in [1.807, 2.05) is 30.3 Å². The SMILES string of the molecule is O=C1C[C@H](C(=O)Nc2ccc(F)cc2)n2nc(-c3ccccc3)cc2N1. The van der Waals surface area contributed by atoms with Crippen LogP contribution >= 0.6 is 0 Å². The van der Waals surface area contributed by atoms with E-state index in [1.54, 1.807) is 6.07 Å². The highest BCUT2D eigenvalue weighted by molar-refractivity contribution is 6.01. The van der Waals surface area contributed by atoms with Crippen LogP contribution in [0.3, 0.4) is 0 Å². The van der Waals surface area contributed by atoms with Crippen molar-refractivity contribution in [3.05, 3.63) is 66.5 Å². The van der Waals surface area contributed by atoms with Crippen molar-refractivity contribution in [2.24, 2.45) is 0 Å². The molecule has 0 saturated heterocycles. The molecule has 2 amide bonds. The van der Waals surface area contributed by atoms with Gasteiger partial charge in [0, 0.05) is 17.3 Å². The first-order chi connectivity index (χ1) is 12.6. The second-order valence-corrected chi connectivity index (χ2v) is 5.99. The Kier molecular flexibility index (Phi) is 3.96. The molecule has 26 heavy (non-hydrogen) atoms. The van der Waals surface area contributed by atoms with Crippen molar-refractivity contribution in [1.29, 1.82) is 0 Å². The van der Waals surface area contributed by atoms with Crippen molar-refractivity contribution in [3.8, 4) is 11.3 Å². The summed E-state index contributed by atoms with van der Waals surface area (Å²) in [7, 11) is 0. The number of hydrogen-bond acceptors (Lipinski definition) is 3. The fourth-order valence-corrected chi connectivity index (χ4v) is 2.89. The average molecular weight is 350 g/mol. The van der Waals surface area contributed by atoms with E-state index in [0.717, 1.165) is 5.56 Å². The minimum Gasteiger partial charge on any atom is -0.324 e. The molecule has 0 saturated carbocycles. The van der Waals surface area contributed by atoms with Crippen LogP contribution in [0.25, 0.3) is 11.3 Å². The van der Waals surface area contributed by atoms with Gasteiger partial charge in [-0.3, -0.25) is 9.59 Å². The number of carbonyl (C=O) groups excluding carboxylic acids is 2. The Labute approximate surface area is 148 Å². The zero-order chi connectivity index (χ0) is 18.1. The lowest BCUT2D eigenvalue weighted by molar-refractivity contribution is -0.125. The summed E-state index contributed by atoms with van der Waals surface area (Å²) in [5.74, 6) is -0.548. The van der Waals surface area contributed by atoms with E-state index in [2.05, 4.69) is 15.7 Å². The molecule has 0 spiro atoms. The summed E-state index contributed by atoms with van der Waals surface area (Å²) in [6, 6.07) is 15.9. The summed E-state index contributed by atoms with van der Waals surface area (Å²) < 4.78 is 14.5. The molecule has 3 aromatic rings. The number of rotatable bonds is 3. The average Bonchev–Trinajstić information content (AvgIpc) is 3.07. The molecule has 0 radical (unpaired) electrons. The smallest absolute Gasteiger partial charge is 0.249 e. The first-order valence-corrected chi connectivity index (χ1v) is 8.11. The van der Waals surface area contributed by atoms with Crippen LogP contribution in [-0.4, -0.2) is 21.6 Å². The summed E-state index contributed by atoms with van der Waals surface area (Å²) >= 11 is 0. The van der Waals surface area contributed by atoms with E-state index in [-0.39, 0.29) is 24.1 Å². The molecule has 7 heteroatoms. The summed E-state index contributed by atoms with van der Waals surface area (Å²) in [6.07, 6.45) is -0.0179. The van der Waals surface area contributed by atoms with E-state index in [9.17, 15) is 14.0 Å². The Morgan fingerprint density at radius 2 is 1.88 bits per heavy atom. The van der Waals surface area contributed by atoms with Crippen molar-refractivity contribution >= 4 is 23.3 Å². The molecule has 1 atom stereocenters. The minimum atomic E-state index is -0.777. The summed E-state index contributed by atoms with van der Waals surface area (Å²) in [6.45, 7) is 0. The summed E-state index contributed by atoms with van der Waals surface area (Å²) in [5, 5.41) is 9.94. The number of carbonyl (C=O) groups is 2. The number of anilines is 2. The van der Waals surface area contributed by atoms with Gasteiger partial charge in [-0.05, 0) is 24.3 Å². The maximum Gasteiger partial charge on any atom is 0.249 e. The first-order valence-electron chi connectivity index (χ1n) is 8.11. The van der Waals surface area contributed by atoms with E-state index < -0.39 is 6.04 Å². The molecular weight excluding hydrogens is 335 g/mol. The molecule has 0 aliphatic carbocycles. The number of nitrogens with zero attached hydrogens (tertiary/aromatic N) is 2. The lowest BCUT2D eigenvalue weighted by Gasteiger charge is -2.23. The molecule has 0 unspecified atom stereocenters. The molecule has 2 aromatic carbocycles. The van der Waals surface area contributed by atoms with Crippen LogP contribution in [0.15, 0.2) is 60.7 Å². The lowest BCUT2D eigenvalue weighted by Crippen LogP contribution is -2.35. The van der Waals surface area contributed by atoms with E-state index in [4.69, 9.17) is 0 Å². The second-order valence-electron chi connectivity index (χ2n) is 5.99. The van der Waals surface area contributed by atoms with Gasteiger partial charge in [0.05, 0.1) is 12.1 Å². The van der Waals surface area contributed by atoms with Gasteiger partial charge in [0.2, 0.25) is 11.8 Å². The van der Waals surface area contributed by atoms with Gasteiger partial charge in [-0.15, -0.1) is 0 Å². The van der Waals surface area contributed by atoms with Gasteiger partial charge < -0.3 is 10.6 Å². The van der Waals surface area contributed by atoms with Crippen molar-refractivity contribution in [1.82, 2.24) is 9.78 Å². The van der Waals surface area contributed by atoms with Crippen LogP contribution < -0.4 is 10.6 Å². The molecule has 0 bridgehead atoms. The highest BCUT2D eigenvalue weighted by atomic mass is 19.1. The number of fused-ring (bicyclic) bond motifs is 1. The zero-order valence-corrected chi connectivity index (χ0v) is 13.6. The highest BCUT2D eigenvalue weighted by Crippen LogP contribution is 2.30. The zero-order valence-electron chi connectivity index (χ0n) is 13.6. The molecule has 1 aromatic heterocycles. The van der Waals surface area contributed by atoms with Gasteiger partial charge in [0.1, 0.15) is 17.7 Å². The van der Waals surface area contributed by atoms with Crippen molar-refractivity contribution < 1.29 is 14.0 Å². The van der Waals surface area contributed by atoms with Crippen LogP contribution in [0.5, 0.6) is 0 Å². The number of aromatic nitrogens is 2. The number of hydrogen-bond donors (Lipinski definition) is 2. The largest absolute Gasteiger partial charge is 0.324 e. The van der Waals surface area contributed by atoms with Gasteiger partial charge in [0.25, 0.3) is 0 Å². The minimum absolute atomic E-state index is 0.0179. The molecule has 1 aliphatic heterocycles. The number of amides is 2. The standard InChI is InChI=1S/C19H15FN4O2/c20-13-6-8-14(9-7-13)21-19(26)16-11-18(25)22-17-10-15(23-24(16)17)12-4-2-1-3-5-12/h1-10,16H,11H2,(H,21,26)(H,22,25)/t16-/m1/s1. The molecule has 1 aliphatic rings. The molecule has 130 valence electrons. The molecular formula is C19H15FN4O2. The highest BCUT2D eigenvalue weighted by Gasteiger charge is 2.32. The number of nitrogens with one attached hydrogen (secondary N) is 2. The summed E-state index contributed by atoms with van der Waals surface area (Å²) in [5.41, 5.74) is 2.02. The topological polar surface area (TPSA) is 76.0 Å². The van der Waals surface area contributed by atoms with Crippen LogP contribution in [-0.2, 0) is 9.59 Å². The van der Waals surface area contributed by atoms with Crippen molar-refractivity contribution in [2.75, 3.05) is 10.6 Å². The van der Waals surface area contributed by atoms with Gasteiger partial charge in [-0.25, -0.2) is 9.07 Å². The van der Waals surface area contributed by atoms with Gasteiger partial charge >= 0.3 is 0 Å². The predicted octanol–water partition coefficient (Wildman–Crippen LogP) is 3.21. The Morgan fingerprint density at radius 3 is 2.62 bits per heavy atom. The maximum absolute atomic E-state index is 13.0. The van der Waals surface area contributed by atoms with Crippen LogP contribution in [0.4, 0.5) is 15.9 Å². The Bertz CT molecular complexity index is 967. The molecule has 6 nitrogen and oxygen atoms in total. The van der Waals surface area contributed by atoms with Crippen LogP contribution in [0.1, 0.15) is 12.5 Å². The maximum atomic E-state index is 13.0. The lowest BCUT2D eigenvalue weighted by atomic mass is 10.1. The van der Waals surface area contributed by atoms with Crippen molar-refractivity contribution in [2.45, 2.75) is 12.5 Å². The third kappa shape index (κ3) is 3.06. The van der Waals surface area contributed by atoms with Crippen molar-refractivity contribution in [3.63, 3.8) is 0 Å². The third-order valence-corrected chi connectivity index (χ3v) is 4.16. The molecule has 4 rings (SSSR count). The van der Waals surface area contributed by atoms with Gasteiger partial charge in [-0.2, -0.15) is 5.10 Å². The third-order valence-electron chi connectivity index (χ3n) is 4.16. The molecule has 2 heterocycles. The Morgan fingerprint density at radius 1 is 1.15 bits per heavy atom. The second kappa shape index (κ2) is 6.44. The normalized spacial score (nSPS) is 15.9. The monoisotopic (exact) mass is 350 g/mol. The fourth-order valence-electron chi connectivity index (χ4n) is 2.89. The Balaban J connectivity index is 1.64. The molecule has 0 fully saturated rings. The Hall–Kier alpha value is -3.48. The summed E-state index contributed by atoms with van der Waals surface area (Å²) in [4.78, 5) is 24.7. The van der Waals surface area contributed by atoms with E-state index in [0.29, 0.717) is 17.2 Å². The van der Waals surface area contributed by atoms with Gasteiger partial charge in [0.15, 0.2) is 0 Å². The van der Waals surface area contributed by atoms with E-state index >= 15 is 0 Å². The van der Waals surface area contributed by atoms with Crippen LogP contribution in [0, 0.1) is 5.82 Å². The predicted molar refractivity (Wildman–Crippen MR) is 95.0 cm³/mol. The number of benzene rings is 2. The fraction of sp³-hybridized carbons (Fsp3) is 0.105. The van der Waals surface area contributed by atoms with E-state index in [1.165, 1.54) is 28.9 Å². The quantitative estimate of drug-likeness (QED) is 0.762. The number of halogens is 1. The van der Waals surface area contributed by atoms with Crippen LogP contribution in [0.2, 0.25) is 0 Å². The molecule has 2 N–H and O–H groups in total. The first kappa shape index (κ1) is 16.0.